The normalized spacial score (nSPS) is 13.2. The van der Waals surface area contributed by atoms with Crippen LogP contribution in [0, 0.1) is 0 Å². The molecule has 0 aromatic heterocycles. The summed E-state index contributed by atoms with van der Waals surface area (Å²) >= 11 is 0. The van der Waals surface area contributed by atoms with Crippen molar-refractivity contribution in [1.82, 2.24) is 0 Å². The highest BCUT2D eigenvalue weighted by Gasteiger charge is 2.19. The molecule has 0 N–H and O–H groups in total. The average molecular weight is 925 g/mol. The van der Waals surface area contributed by atoms with Gasteiger partial charge in [-0.3, -0.25) is 14.4 Å². The molecule has 0 amide bonds. The zero-order valence-corrected chi connectivity index (χ0v) is 42.9. The zero-order chi connectivity index (χ0) is 48.6. The first-order chi connectivity index (χ1) is 33.0. The fourth-order valence-electron chi connectivity index (χ4n) is 6.72. The highest BCUT2D eigenvalue weighted by molar-refractivity contribution is 5.71. The molecule has 1 unspecified atom stereocenters. The van der Waals surface area contributed by atoms with Crippen LogP contribution in [0.2, 0.25) is 0 Å². The molecule has 0 aromatic carbocycles. The lowest BCUT2D eigenvalue weighted by atomic mass is 10.1. The Kier molecular flexibility index (Phi) is 50.6. The molecule has 0 bridgehead atoms. The molecule has 0 aliphatic rings. The lowest BCUT2D eigenvalue weighted by molar-refractivity contribution is -0.167. The average Bonchev–Trinajstić information content (AvgIpc) is 3.33. The first-order valence-electron chi connectivity index (χ1n) is 26.7. The molecule has 0 radical (unpaired) electrons. The van der Waals surface area contributed by atoms with Crippen molar-refractivity contribution in [2.75, 3.05) is 13.2 Å². The molecule has 1 atom stereocenters. The van der Waals surface area contributed by atoms with Crippen molar-refractivity contribution in [3.63, 3.8) is 0 Å². The number of esters is 3. The number of hydrogen-bond acceptors (Lipinski definition) is 6. The van der Waals surface area contributed by atoms with Crippen LogP contribution in [0.1, 0.15) is 213 Å². The quantitative estimate of drug-likeness (QED) is 0.0199. The third-order valence-electron chi connectivity index (χ3n) is 10.7. The third kappa shape index (κ3) is 52.4. The Hall–Kier alpha value is -4.45. The van der Waals surface area contributed by atoms with Crippen LogP contribution < -0.4 is 0 Å². The van der Waals surface area contributed by atoms with Crippen LogP contribution in [-0.2, 0) is 28.6 Å². The van der Waals surface area contributed by atoms with E-state index >= 15 is 0 Å². The second kappa shape index (κ2) is 54.2. The van der Waals surface area contributed by atoms with Crippen LogP contribution in [0.15, 0.2) is 134 Å². The summed E-state index contributed by atoms with van der Waals surface area (Å²) in [6.45, 7) is 6.28. The topological polar surface area (TPSA) is 78.9 Å². The van der Waals surface area contributed by atoms with E-state index in [2.05, 4.69) is 148 Å². The zero-order valence-electron chi connectivity index (χ0n) is 42.9. The maximum atomic E-state index is 12.8. The van der Waals surface area contributed by atoms with Crippen LogP contribution >= 0.6 is 0 Å². The Balaban J connectivity index is 4.57. The molecule has 0 aromatic rings. The third-order valence-corrected chi connectivity index (χ3v) is 10.7. The van der Waals surface area contributed by atoms with E-state index in [9.17, 15) is 14.4 Å². The van der Waals surface area contributed by atoms with Gasteiger partial charge in [0.1, 0.15) is 13.2 Å². The van der Waals surface area contributed by atoms with E-state index in [-0.39, 0.29) is 37.5 Å². The van der Waals surface area contributed by atoms with Gasteiger partial charge in [0.15, 0.2) is 6.10 Å². The molecule has 6 heteroatoms. The largest absolute Gasteiger partial charge is 0.462 e. The van der Waals surface area contributed by atoms with E-state index in [4.69, 9.17) is 14.2 Å². The minimum absolute atomic E-state index is 0.124. The van der Waals surface area contributed by atoms with Crippen molar-refractivity contribution in [1.29, 1.82) is 0 Å². The first-order valence-corrected chi connectivity index (χ1v) is 26.7. The summed E-state index contributed by atoms with van der Waals surface area (Å²) < 4.78 is 16.7. The number of hydrogen-bond donors (Lipinski definition) is 0. The fraction of sp³-hybridized carbons (Fsp3) is 0.590. The summed E-state index contributed by atoms with van der Waals surface area (Å²) in [5.74, 6) is -1.04. The molecule has 0 saturated heterocycles. The van der Waals surface area contributed by atoms with Crippen molar-refractivity contribution in [3.05, 3.63) is 134 Å². The van der Waals surface area contributed by atoms with Gasteiger partial charge in [-0.1, -0.05) is 212 Å². The van der Waals surface area contributed by atoms with Gasteiger partial charge in [0.25, 0.3) is 0 Å². The first kappa shape index (κ1) is 62.5. The lowest BCUT2D eigenvalue weighted by Gasteiger charge is -2.18. The Morgan fingerprint density at radius 1 is 0.328 bits per heavy atom. The number of rotatable bonds is 46. The van der Waals surface area contributed by atoms with Crippen LogP contribution in [-0.4, -0.2) is 37.2 Å². The number of allylic oxidation sites excluding steroid dienone is 22. The Labute approximate surface area is 411 Å². The van der Waals surface area contributed by atoms with Crippen LogP contribution in [0.4, 0.5) is 0 Å². The summed E-state index contributed by atoms with van der Waals surface area (Å²) in [5, 5.41) is 0. The highest BCUT2D eigenvalue weighted by Crippen LogP contribution is 2.12. The number of unbranched alkanes of at least 4 members (excludes halogenated alkanes) is 15. The van der Waals surface area contributed by atoms with Crippen molar-refractivity contribution >= 4 is 17.9 Å². The van der Waals surface area contributed by atoms with Gasteiger partial charge in [-0.05, 0) is 116 Å². The molecule has 6 nitrogen and oxygen atoms in total. The Morgan fingerprint density at radius 3 is 1.13 bits per heavy atom. The summed E-state index contributed by atoms with van der Waals surface area (Å²) in [6.07, 6.45) is 75.9. The van der Waals surface area contributed by atoms with Gasteiger partial charge in [0, 0.05) is 19.3 Å². The van der Waals surface area contributed by atoms with Crippen LogP contribution in [0.5, 0.6) is 0 Å². The van der Waals surface area contributed by atoms with Crippen molar-refractivity contribution < 1.29 is 28.6 Å². The SMILES string of the molecule is CC\C=C/C=C\C=C/CCCCCCCC(=O)OCC(COC(=O)CCCCC/C=C\C/C=C\C/C=C\C/C=C\C/C=C\CC)OC(=O)CCC/C=C\C/C=C\C/C=C\CCCCCCCC. The van der Waals surface area contributed by atoms with Gasteiger partial charge in [0.2, 0.25) is 0 Å². The van der Waals surface area contributed by atoms with Crippen molar-refractivity contribution in [2.24, 2.45) is 0 Å². The van der Waals surface area contributed by atoms with Gasteiger partial charge in [-0.15, -0.1) is 0 Å². The number of ether oxygens (including phenoxy) is 3. The molecule has 0 fully saturated rings. The molecule has 0 saturated carbocycles. The molecule has 0 aliphatic heterocycles. The van der Waals surface area contributed by atoms with Crippen molar-refractivity contribution in [2.45, 2.75) is 219 Å². The van der Waals surface area contributed by atoms with E-state index in [1.165, 1.54) is 44.9 Å². The summed E-state index contributed by atoms with van der Waals surface area (Å²) in [5.41, 5.74) is 0. The second-order valence-corrected chi connectivity index (χ2v) is 17.1. The molecule has 67 heavy (non-hydrogen) atoms. The molecule has 0 aliphatic carbocycles. The second-order valence-electron chi connectivity index (χ2n) is 17.1. The predicted octanol–water partition coefficient (Wildman–Crippen LogP) is 17.9. The highest BCUT2D eigenvalue weighted by atomic mass is 16.6. The lowest BCUT2D eigenvalue weighted by Crippen LogP contribution is -2.30. The van der Waals surface area contributed by atoms with Crippen LogP contribution in [0.25, 0.3) is 0 Å². The molecule has 0 spiro atoms. The molecule has 0 heterocycles. The Morgan fingerprint density at radius 2 is 0.672 bits per heavy atom. The molecular formula is C61H96O6. The maximum absolute atomic E-state index is 12.8. The number of carbonyl (C=O) groups excluding carboxylic acids is 3. The summed E-state index contributed by atoms with van der Waals surface area (Å²) in [7, 11) is 0. The van der Waals surface area contributed by atoms with E-state index in [0.717, 1.165) is 122 Å². The Bertz CT molecular complexity index is 1480. The predicted molar refractivity (Wildman–Crippen MR) is 288 cm³/mol. The van der Waals surface area contributed by atoms with E-state index < -0.39 is 6.10 Å². The van der Waals surface area contributed by atoms with Crippen molar-refractivity contribution in [3.8, 4) is 0 Å². The van der Waals surface area contributed by atoms with E-state index in [0.29, 0.717) is 19.3 Å². The number of carbonyl (C=O) groups is 3. The molecule has 376 valence electrons. The van der Waals surface area contributed by atoms with Gasteiger partial charge in [0.05, 0.1) is 0 Å². The maximum Gasteiger partial charge on any atom is 0.306 e. The minimum atomic E-state index is -0.832. The van der Waals surface area contributed by atoms with E-state index in [1.807, 2.05) is 6.08 Å². The van der Waals surface area contributed by atoms with E-state index in [1.54, 1.807) is 0 Å². The molecular weight excluding hydrogens is 829 g/mol. The fourth-order valence-corrected chi connectivity index (χ4v) is 6.72. The molecule has 0 rings (SSSR count). The summed E-state index contributed by atoms with van der Waals surface area (Å²) in [4.78, 5) is 38.0. The monoisotopic (exact) mass is 925 g/mol. The minimum Gasteiger partial charge on any atom is -0.462 e. The smallest absolute Gasteiger partial charge is 0.306 e. The van der Waals surface area contributed by atoms with Gasteiger partial charge >= 0.3 is 17.9 Å². The standard InChI is InChI=1S/C61H96O6/c1-4-7-10-13-16-19-22-25-27-29-30-32-33-36-39-42-45-48-51-54-60(63)66-57-58(56-65-59(62)53-50-47-44-41-38-35-24-21-18-15-12-9-6-3)67-61(64)55-52-49-46-43-40-37-34-31-28-26-23-20-17-14-11-8-5-2/h7,9-10,12,15-16,18-19,21,24-28,30,32,34,36-37,39,43,46,58H,4-6,8,11,13-14,17,20,22-23,29,31,33,35,38,40-42,44-45,47-57H2,1-3H3/b10-7-,12-9-,18-15-,19-16-,24-21-,27-25-,28-26-,32-30-,37-34-,39-36-,46-43-. The summed E-state index contributed by atoms with van der Waals surface area (Å²) in [6, 6.07) is 0. The van der Waals surface area contributed by atoms with Crippen LogP contribution in [0.3, 0.4) is 0 Å². The van der Waals surface area contributed by atoms with Gasteiger partial charge < -0.3 is 14.2 Å². The van der Waals surface area contributed by atoms with Gasteiger partial charge in [-0.25, -0.2) is 0 Å². The van der Waals surface area contributed by atoms with Gasteiger partial charge in [-0.2, -0.15) is 0 Å².